The van der Waals surface area contributed by atoms with Crippen molar-refractivity contribution in [3.05, 3.63) is 46.2 Å². The average molecular weight is 244 g/mol. The first-order chi connectivity index (χ1) is 8.36. The number of fused-ring (bicyclic) bond motifs is 1. The number of hydrogen-bond donors (Lipinski definition) is 2. The smallest absolute Gasteiger partial charge is 0.137 e. The second kappa shape index (κ2) is 4.27. The lowest BCUT2D eigenvalue weighted by Crippen LogP contribution is -1.93. The minimum absolute atomic E-state index is 0.514. The molecule has 0 atom stereocenters. The summed E-state index contributed by atoms with van der Waals surface area (Å²) in [6, 6.07) is 4.04. The Bertz CT molecular complexity index is 641. The highest BCUT2D eigenvalue weighted by Gasteiger charge is 2.07. The lowest BCUT2D eigenvalue weighted by Gasteiger charge is -1.95. The molecular formula is C12H12N4S. The molecule has 0 amide bonds. The number of hydrogen-bond acceptors (Lipinski definition) is 4. The van der Waals surface area contributed by atoms with E-state index in [1.807, 2.05) is 18.5 Å². The molecule has 17 heavy (non-hydrogen) atoms. The maximum Gasteiger partial charge on any atom is 0.137 e. The second-order valence-corrected chi connectivity index (χ2v) is 5.01. The fraction of sp³-hybridized carbons (Fsp3) is 0.167. The van der Waals surface area contributed by atoms with E-state index in [0.717, 1.165) is 17.1 Å². The highest BCUT2D eigenvalue weighted by molar-refractivity contribution is 7.11. The van der Waals surface area contributed by atoms with Crippen LogP contribution in [0.5, 0.6) is 0 Å². The minimum Gasteiger partial charge on any atom is -0.346 e. The van der Waals surface area contributed by atoms with E-state index in [4.69, 9.17) is 5.73 Å². The van der Waals surface area contributed by atoms with Crippen LogP contribution in [0, 0.1) is 0 Å². The molecule has 0 aliphatic rings. The maximum atomic E-state index is 5.56. The summed E-state index contributed by atoms with van der Waals surface area (Å²) in [6.07, 6.45) is 6.59. The molecule has 3 heterocycles. The number of nitrogens with two attached hydrogens (primary N) is 1. The molecule has 4 nitrogen and oxygen atoms in total. The molecular weight excluding hydrogens is 232 g/mol. The van der Waals surface area contributed by atoms with Crippen LogP contribution < -0.4 is 5.73 Å². The van der Waals surface area contributed by atoms with Crippen LogP contribution in [0.3, 0.4) is 0 Å². The molecule has 3 rings (SSSR count). The van der Waals surface area contributed by atoms with Crippen molar-refractivity contribution in [2.75, 3.05) is 0 Å². The van der Waals surface area contributed by atoms with Gasteiger partial charge in [0.2, 0.25) is 0 Å². The number of nitrogens with zero attached hydrogens (tertiary/aromatic N) is 2. The molecule has 5 heteroatoms. The fourth-order valence-electron chi connectivity index (χ4n) is 1.87. The van der Waals surface area contributed by atoms with E-state index in [9.17, 15) is 0 Å². The van der Waals surface area contributed by atoms with Gasteiger partial charge in [-0.2, -0.15) is 0 Å². The van der Waals surface area contributed by atoms with Gasteiger partial charge in [0, 0.05) is 41.8 Å². The summed E-state index contributed by atoms with van der Waals surface area (Å²) in [5, 5.41) is 2.16. The SMILES string of the molecule is NCc1ncc(Cc2c[nH]c3ncccc23)s1. The van der Waals surface area contributed by atoms with E-state index >= 15 is 0 Å². The number of thiazole rings is 1. The summed E-state index contributed by atoms with van der Waals surface area (Å²) in [7, 11) is 0. The molecule has 3 aromatic rings. The molecule has 0 saturated carbocycles. The van der Waals surface area contributed by atoms with Crippen LogP contribution in [0.4, 0.5) is 0 Å². The largest absolute Gasteiger partial charge is 0.346 e. The van der Waals surface area contributed by atoms with Gasteiger partial charge in [-0.25, -0.2) is 9.97 Å². The average Bonchev–Trinajstić information content (AvgIpc) is 2.97. The van der Waals surface area contributed by atoms with Crippen LogP contribution in [0.25, 0.3) is 11.0 Å². The van der Waals surface area contributed by atoms with Gasteiger partial charge in [-0.3, -0.25) is 0 Å². The molecule has 0 radical (unpaired) electrons. The van der Waals surface area contributed by atoms with Gasteiger partial charge in [0.15, 0.2) is 0 Å². The summed E-state index contributed by atoms with van der Waals surface area (Å²) < 4.78 is 0. The van der Waals surface area contributed by atoms with E-state index in [2.05, 4.69) is 21.0 Å². The quantitative estimate of drug-likeness (QED) is 0.741. The first-order valence-corrected chi connectivity index (χ1v) is 6.23. The third kappa shape index (κ3) is 1.94. The van der Waals surface area contributed by atoms with E-state index in [-0.39, 0.29) is 0 Å². The van der Waals surface area contributed by atoms with Crippen molar-refractivity contribution < 1.29 is 0 Å². The standard InChI is InChI=1S/C12H12N4S/c13-5-11-15-7-9(17-11)4-8-6-16-12-10(8)2-1-3-14-12/h1-3,6-7H,4-5,13H2,(H,14,16). The van der Waals surface area contributed by atoms with Crippen molar-refractivity contribution in [2.24, 2.45) is 5.73 Å². The van der Waals surface area contributed by atoms with Crippen molar-refractivity contribution >= 4 is 22.4 Å². The molecule has 3 aromatic heterocycles. The molecule has 0 aromatic carbocycles. The second-order valence-electron chi connectivity index (χ2n) is 3.81. The summed E-state index contributed by atoms with van der Waals surface area (Å²) in [5.74, 6) is 0. The summed E-state index contributed by atoms with van der Waals surface area (Å²) in [5.41, 5.74) is 7.75. The number of nitrogens with one attached hydrogen (secondary N) is 1. The van der Waals surface area contributed by atoms with Crippen molar-refractivity contribution in [3.8, 4) is 0 Å². The third-order valence-corrected chi connectivity index (χ3v) is 3.70. The Morgan fingerprint density at radius 1 is 1.35 bits per heavy atom. The highest BCUT2D eigenvalue weighted by Crippen LogP contribution is 2.22. The summed E-state index contributed by atoms with van der Waals surface area (Å²) >= 11 is 1.67. The lowest BCUT2D eigenvalue weighted by atomic mass is 10.1. The van der Waals surface area contributed by atoms with Crippen molar-refractivity contribution in [3.63, 3.8) is 0 Å². The van der Waals surface area contributed by atoms with Gasteiger partial charge in [-0.05, 0) is 17.7 Å². The zero-order valence-corrected chi connectivity index (χ0v) is 10.00. The van der Waals surface area contributed by atoms with Crippen LogP contribution in [0.1, 0.15) is 15.4 Å². The monoisotopic (exact) mass is 244 g/mol. The number of aromatic nitrogens is 3. The van der Waals surface area contributed by atoms with Crippen molar-refractivity contribution in [1.29, 1.82) is 0 Å². The Hall–Kier alpha value is -1.72. The lowest BCUT2D eigenvalue weighted by molar-refractivity contribution is 1.04. The van der Waals surface area contributed by atoms with E-state index in [0.29, 0.717) is 6.54 Å². The van der Waals surface area contributed by atoms with Crippen LogP contribution in [-0.2, 0) is 13.0 Å². The first kappa shape index (κ1) is 10.4. The summed E-state index contributed by atoms with van der Waals surface area (Å²) in [4.78, 5) is 12.9. The Morgan fingerprint density at radius 2 is 2.29 bits per heavy atom. The predicted molar refractivity (Wildman–Crippen MR) is 68.9 cm³/mol. The van der Waals surface area contributed by atoms with Gasteiger partial charge in [-0.15, -0.1) is 11.3 Å². The highest BCUT2D eigenvalue weighted by atomic mass is 32.1. The third-order valence-electron chi connectivity index (χ3n) is 2.68. The van der Waals surface area contributed by atoms with E-state index < -0.39 is 0 Å². The first-order valence-electron chi connectivity index (χ1n) is 5.41. The maximum absolute atomic E-state index is 5.56. The molecule has 0 fully saturated rings. The van der Waals surface area contributed by atoms with Gasteiger partial charge in [0.25, 0.3) is 0 Å². The van der Waals surface area contributed by atoms with Crippen LogP contribution in [0.15, 0.2) is 30.7 Å². The van der Waals surface area contributed by atoms with E-state index in [1.54, 1.807) is 17.5 Å². The van der Waals surface area contributed by atoms with Crippen LogP contribution in [-0.4, -0.2) is 15.0 Å². The fourth-order valence-corrected chi connectivity index (χ4v) is 2.70. The molecule has 0 saturated heterocycles. The van der Waals surface area contributed by atoms with E-state index in [1.165, 1.54) is 15.8 Å². The number of rotatable bonds is 3. The molecule has 0 aliphatic carbocycles. The van der Waals surface area contributed by atoms with Gasteiger partial charge in [0.1, 0.15) is 10.7 Å². The molecule has 0 bridgehead atoms. The topological polar surface area (TPSA) is 67.6 Å². The predicted octanol–water partition coefficient (Wildman–Crippen LogP) is 2.07. The van der Waals surface area contributed by atoms with Gasteiger partial charge in [0.05, 0.1) is 0 Å². The molecule has 0 aliphatic heterocycles. The Kier molecular flexibility index (Phi) is 2.62. The Balaban J connectivity index is 1.94. The van der Waals surface area contributed by atoms with Gasteiger partial charge >= 0.3 is 0 Å². The Morgan fingerprint density at radius 3 is 3.12 bits per heavy atom. The number of pyridine rings is 1. The van der Waals surface area contributed by atoms with Crippen LogP contribution >= 0.6 is 11.3 Å². The van der Waals surface area contributed by atoms with Crippen LogP contribution in [0.2, 0.25) is 0 Å². The minimum atomic E-state index is 0.514. The molecule has 0 spiro atoms. The van der Waals surface area contributed by atoms with Crippen molar-refractivity contribution in [2.45, 2.75) is 13.0 Å². The zero-order valence-electron chi connectivity index (χ0n) is 9.18. The van der Waals surface area contributed by atoms with Gasteiger partial charge < -0.3 is 10.7 Å². The molecule has 0 unspecified atom stereocenters. The van der Waals surface area contributed by atoms with Crippen molar-refractivity contribution in [1.82, 2.24) is 15.0 Å². The normalized spacial score (nSPS) is 11.1. The molecule has 86 valence electrons. The zero-order chi connectivity index (χ0) is 11.7. The number of H-pyrrole nitrogens is 1. The number of aromatic amines is 1. The van der Waals surface area contributed by atoms with Gasteiger partial charge in [-0.1, -0.05) is 0 Å². The molecule has 3 N–H and O–H groups in total. The summed E-state index contributed by atoms with van der Waals surface area (Å²) in [6.45, 7) is 0.514. The Labute approximate surface area is 103 Å².